The third-order valence-electron chi connectivity index (χ3n) is 3.83. The van der Waals surface area contributed by atoms with Gasteiger partial charge in [0.15, 0.2) is 5.78 Å². The number of ketones is 1. The lowest BCUT2D eigenvalue weighted by molar-refractivity contribution is -0.137. The van der Waals surface area contributed by atoms with E-state index in [0.717, 1.165) is 38.5 Å². The Balaban J connectivity index is 2.20. The van der Waals surface area contributed by atoms with Crippen molar-refractivity contribution in [1.82, 2.24) is 0 Å². The zero-order valence-electron chi connectivity index (χ0n) is 12.7. The molecular weight excluding hydrogens is 268 g/mol. The minimum Gasteiger partial charge on any atom is -0.481 e. The van der Waals surface area contributed by atoms with E-state index in [9.17, 15) is 14.7 Å². The monoisotopic (exact) mass is 294 g/mol. The molecule has 2 N–H and O–H groups in total. The van der Waals surface area contributed by atoms with Crippen LogP contribution < -0.4 is 0 Å². The number of hydrogen-bond donors (Lipinski definition) is 2. The number of carboxylic acid groups (broad SMARTS) is 1. The number of rotatable bonds is 10. The van der Waals surface area contributed by atoms with Gasteiger partial charge in [-0.05, 0) is 25.8 Å². The summed E-state index contributed by atoms with van der Waals surface area (Å²) < 4.78 is 0. The maximum Gasteiger partial charge on any atom is 0.303 e. The first-order valence-corrected chi connectivity index (χ1v) is 7.81. The van der Waals surface area contributed by atoms with Gasteiger partial charge in [0.1, 0.15) is 0 Å². The number of allylic oxidation sites excluding steroid dienone is 3. The number of aliphatic hydroxyl groups excluding tert-OH is 1. The Hall–Kier alpha value is -1.42. The van der Waals surface area contributed by atoms with Gasteiger partial charge in [-0.15, -0.1) is 0 Å². The van der Waals surface area contributed by atoms with Gasteiger partial charge in [0.05, 0.1) is 6.10 Å². The van der Waals surface area contributed by atoms with Crippen molar-refractivity contribution in [2.75, 3.05) is 0 Å². The fourth-order valence-corrected chi connectivity index (χ4v) is 2.65. The predicted octanol–water partition coefficient (Wildman–Crippen LogP) is 3.11. The normalized spacial score (nSPS) is 23.0. The second-order valence-corrected chi connectivity index (χ2v) is 5.77. The van der Waals surface area contributed by atoms with Crippen LogP contribution >= 0.6 is 0 Å². The SMILES string of the molecule is CC(O)C=CC1C=CC(=O)C1CCCCCCCC(=O)O. The maximum atomic E-state index is 11.8. The Bertz CT molecular complexity index is 396. The van der Waals surface area contributed by atoms with Gasteiger partial charge in [-0.3, -0.25) is 9.59 Å². The molecular formula is C17H26O4. The molecule has 0 saturated heterocycles. The number of hydrogen-bond acceptors (Lipinski definition) is 3. The topological polar surface area (TPSA) is 74.6 Å². The van der Waals surface area contributed by atoms with Crippen LogP contribution in [0.2, 0.25) is 0 Å². The summed E-state index contributed by atoms with van der Waals surface area (Å²) in [7, 11) is 0. The van der Waals surface area contributed by atoms with E-state index in [1.165, 1.54) is 0 Å². The lowest BCUT2D eigenvalue weighted by Gasteiger charge is -2.15. The lowest BCUT2D eigenvalue weighted by atomic mass is 9.88. The van der Waals surface area contributed by atoms with Crippen LogP contribution in [-0.2, 0) is 9.59 Å². The van der Waals surface area contributed by atoms with Crippen molar-refractivity contribution in [1.29, 1.82) is 0 Å². The fourth-order valence-electron chi connectivity index (χ4n) is 2.65. The molecule has 0 aromatic rings. The average Bonchev–Trinajstić information content (AvgIpc) is 2.76. The van der Waals surface area contributed by atoms with Crippen LogP contribution in [0.15, 0.2) is 24.3 Å². The molecule has 4 heteroatoms. The van der Waals surface area contributed by atoms with E-state index in [1.54, 1.807) is 19.1 Å². The molecule has 0 fully saturated rings. The van der Waals surface area contributed by atoms with Gasteiger partial charge in [-0.1, -0.05) is 43.9 Å². The molecule has 1 rings (SSSR count). The van der Waals surface area contributed by atoms with Gasteiger partial charge in [-0.2, -0.15) is 0 Å². The fraction of sp³-hybridized carbons (Fsp3) is 0.647. The van der Waals surface area contributed by atoms with Gasteiger partial charge in [0.25, 0.3) is 0 Å². The van der Waals surface area contributed by atoms with E-state index >= 15 is 0 Å². The summed E-state index contributed by atoms with van der Waals surface area (Å²) in [6, 6.07) is 0. The van der Waals surface area contributed by atoms with Crippen LogP contribution in [0.3, 0.4) is 0 Å². The number of aliphatic hydroxyl groups is 1. The highest BCUT2D eigenvalue weighted by molar-refractivity contribution is 5.94. The van der Waals surface area contributed by atoms with Crippen LogP contribution in [0.1, 0.15) is 51.9 Å². The Morgan fingerprint density at radius 3 is 2.62 bits per heavy atom. The summed E-state index contributed by atoms with van der Waals surface area (Å²) in [5, 5.41) is 17.8. The summed E-state index contributed by atoms with van der Waals surface area (Å²) in [5.74, 6) is -0.426. The molecule has 0 radical (unpaired) electrons. The highest BCUT2D eigenvalue weighted by Gasteiger charge is 2.27. The van der Waals surface area contributed by atoms with Crippen LogP contribution in [0.5, 0.6) is 0 Å². The maximum absolute atomic E-state index is 11.8. The van der Waals surface area contributed by atoms with E-state index in [1.807, 2.05) is 12.2 Å². The highest BCUT2D eigenvalue weighted by atomic mass is 16.4. The van der Waals surface area contributed by atoms with Gasteiger partial charge in [0.2, 0.25) is 0 Å². The second-order valence-electron chi connectivity index (χ2n) is 5.77. The van der Waals surface area contributed by atoms with Gasteiger partial charge < -0.3 is 10.2 Å². The molecule has 0 aromatic heterocycles. The smallest absolute Gasteiger partial charge is 0.303 e. The number of aliphatic carboxylic acids is 1. The van der Waals surface area contributed by atoms with E-state index in [0.29, 0.717) is 0 Å². The molecule has 118 valence electrons. The van der Waals surface area contributed by atoms with E-state index in [2.05, 4.69) is 0 Å². The number of carbonyl (C=O) groups is 2. The molecule has 0 aromatic carbocycles. The van der Waals surface area contributed by atoms with E-state index < -0.39 is 12.1 Å². The van der Waals surface area contributed by atoms with Crippen molar-refractivity contribution in [2.24, 2.45) is 11.8 Å². The molecule has 3 unspecified atom stereocenters. The van der Waals surface area contributed by atoms with Crippen LogP contribution in [-0.4, -0.2) is 28.1 Å². The average molecular weight is 294 g/mol. The minimum atomic E-state index is -0.731. The quantitative estimate of drug-likeness (QED) is 0.479. The minimum absolute atomic E-state index is 0.0130. The van der Waals surface area contributed by atoms with Crippen molar-refractivity contribution in [3.8, 4) is 0 Å². The van der Waals surface area contributed by atoms with Crippen molar-refractivity contribution in [2.45, 2.75) is 58.0 Å². The first kappa shape index (κ1) is 17.6. The molecule has 0 heterocycles. The largest absolute Gasteiger partial charge is 0.481 e. The van der Waals surface area contributed by atoms with Gasteiger partial charge >= 0.3 is 5.97 Å². The predicted molar refractivity (Wildman–Crippen MR) is 81.9 cm³/mol. The Morgan fingerprint density at radius 1 is 1.29 bits per heavy atom. The molecule has 0 aliphatic heterocycles. The van der Waals surface area contributed by atoms with Crippen LogP contribution in [0, 0.1) is 11.8 Å². The lowest BCUT2D eigenvalue weighted by Crippen LogP contribution is -2.14. The number of carbonyl (C=O) groups excluding carboxylic acids is 1. The summed E-state index contributed by atoms with van der Waals surface area (Å²) in [4.78, 5) is 22.2. The molecule has 4 nitrogen and oxygen atoms in total. The number of carboxylic acids is 1. The Kier molecular flexibility index (Phi) is 7.98. The standard InChI is InChI=1S/C17H26O4/c1-13(18)9-10-14-11-12-16(19)15(14)7-5-3-2-4-6-8-17(20)21/h9-15,18H,2-8H2,1H3,(H,20,21). The third kappa shape index (κ3) is 7.23. The molecule has 1 aliphatic rings. The van der Waals surface area contributed by atoms with Crippen LogP contribution in [0.4, 0.5) is 0 Å². The highest BCUT2D eigenvalue weighted by Crippen LogP contribution is 2.28. The van der Waals surface area contributed by atoms with Crippen molar-refractivity contribution in [3.63, 3.8) is 0 Å². The van der Waals surface area contributed by atoms with Crippen molar-refractivity contribution in [3.05, 3.63) is 24.3 Å². The zero-order chi connectivity index (χ0) is 15.7. The van der Waals surface area contributed by atoms with Crippen molar-refractivity contribution < 1.29 is 19.8 Å². The zero-order valence-corrected chi connectivity index (χ0v) is 12.7. The molecule has 0 saturated carbocycles. The van der Waals surface area contributed by atoms with Crippen LogP contribution in [0.25, 0.3) is 0 Å². The molecule has 0 bridgehead atoms. The van der Waals surface area contributed by atoms with E-state index in [-0.39, 0.29) is 24.0 Å². The van der Waals surface area contributed by atoms with Gasteiger partial charge in [0, 0.05) is 18.3 Å². The summed E-state index contributed by atoms with van der Waals surface area (Å²) in [6.07, 6.45) is 12.6. The van der Waals surface area contributed by atoms with Crippen molar-refractivity contribution >= 4 is 11.8 Å². The molecule has 0 spiro atoms. The van der Waals surface area contributed by atoms with Gasteiger partial charge in [-0.25, -0.2) is 0 Å². The number of unbranched alkanes of at least 4 members (excludes halogenated alkanes) is 4. The summed E-state index contributed by atoms with van der Waals surface area (Å²) in [5.41, 5.74) is 0. The first-order valence-electron chi connectivity index (χ1n) is 7.81. The van der Waals surface area contributed by atoms with E-state index in [4.69, 9.17) is 5.11 Å². The Labute approximate surface area is 126 Å². The Morgan fingerprint density at radius 2 is 1.95 bits per heavy atom. The summed E-state index contributed by atoms with van der Waals surface area (Å²) >= 11 is 0. The third-order valence-corrected chi connectivity index (χ3v) is 3.83. The summed E-state index contributed by atoms with van der Waals surface area (Å²) in [6.45, 7) is 1.70. The second kappa shape index (κ2) is 9.50. The first-order chi connectivity index (χ1) is 10.0. The molecule has 0 amide bonds. The molecule has 21 heavy (non-hydrogen) atoms. The molecule has 1 aliphatic carbocycles. The molecule has 3 atom stereocenters.